The molecule has 0 radical (unpaired) electrons. The summed E-state index contributed by atoms with van der Waals surface area (Å²) in [5.41, 5.74) is 1.28. The van der Waals surface area contributed by atoms with Crippen LogP contribution in [0.3, 0.4) is 0 Å². The standard InChI is InChI=1S/C20H20FNO4/c21-16-5-2-6-18(11-16)26-12-13-3-1-4-14(9-13)19(23)22-17-8-7-15(10-17)20(24)25/h1-6,9,11,15,17H,7-8,10,12H2,(H,22,23)(H,24,25)/t15-,17+/m1/s1. The zero-order valence-electron chi connectivity index (χ0n) is 14.2. The highest BCUT2D eigenvalue weighted by atomic mass is 19.1. The Labute approximate surface area is 150 Å². The normalized spacial score (nSPS) is 19.1. The molecule has 2 aromatic rings. The first-order chi connectivity index (χ1) is 12.5. The number of benzene rings is 2. The van der Waals surface area contributed by atoms with Crippen LogP contribution in [-0.4, -0.2) is 23.0 Å². The van der Waals surface area contributed by atoms with Crippen LogP contribution in [0.2, 0.25) is 0 Å². The molecule has 136 valence electrons. The molecule has 0 bridgehead atoms. The van der Waals surface area contributed by atoms with Crippen LogP contribution in [-0.2, 0) is 11.4 Å². The molecule has 1 aliphatic carbocycles. The van der Waals surface area contributed by atoms with Gasteiger partial charge in [0.15, 0.2) is 0 Å². The van der Waals surface area contributed by atoms with E-state index in [9.17, 15) is 14.0 Å². The van der Waals surface area contributed by atoms with E-state index >= 15 is 0 Å². The largest absolute Gasteiger partial charge is 0.489 e. The fourth-order valence-corrected chi connectivity index (χ4v) is 3.13. The molecule has 0 aromatic heterocycles. The Kier molecular flexibility index (Phi) is 5.51. The van der Waals surface area contributed by atoms with Crippen molar-refractivity contribution in [1.82, 2.24) is 5.32 Å². The Bertz CT molecular complexity index is 808. The van der Waals surface area contributed by atoms with Crippen LogP contribution in [0.15, 0.2) is 48.5 Å². The highest BCUT2D eigenvalue weighted by molar-refractivity contribution is 5.94. The van der Waals surface area contributed by atoms with Gasteiger partial charge in [-0.25, -0.2) is 4.39 Å². The summed E-state index contributed by atoms with van der Waals surface area (Å²) >= 11 is 0. The molecule has 0 aliphatic heterocycles. The first kappa shape index (κ1) is 17.9. The maximum Gasteiger partial charge on any atom is 0.306 e. The van der Waals surface area contributed by atoms with E-state index in [1.807, 2.05) is 6.07 Å². The fourth-order valence-electron chi connectivity index (χ4n) is 3.13. The minimum absolute atomic E-state index is 0.115. The zero-order chi connectivity index (χ0) is 18.5. The summed E-state index contributed by atoms with van der Waals surface area (Å²) in [5, 5.41) is 11.9. The smallest absolute Gasteiger partial charge is 0.306 e. The van der Waals surface area contributed by atoms with E-state index < -0.39 is 5.97 Å². The van der Waals surface area contributed by atoms with Crippen LogP contribution < -0.4 is 10.1 Å². The molecule has 2 aromatic carbocycles. The average Bonchev–Trinajstić information content (AvgIpc) is 3.09. The second kappa shape index (κ2) is 7.99. The van der Waals surface area contributed by atoms with Gasteiger partial charge in [0.2, 0.25) is 0 Å². The van der Waals surface area contributed by atoms with Gasteiger partial charge in [-0.15, -0.1) is 0 Å². The minimum atomic E-state index is -0.807. The molecule has 3 rings (SSSR count). The third-order valence-electron chi connectivity index (χ3n) is 4.51. The van der Waals surface area contributed by atoms with E-state index in [0.717, 1.165) is 5.56 Å². The number of halogens is 1. The molecule has 2 atom stereocenters. The maximum atomic E-state index is 13.2. The summed E-state index contributed by atoms with van der Waals surface area (Å²) in [7, 11) is 0. The Morgan fingerprint density at radius 1 is 1.15 bits per heavy atom. The first-order valence-corrected chi connectivity index (χ1v) is 8.52. The lowest BCUT2D eigenvalue weighted by Gasteiger charge is -2.13. The Morgan fingerprint density at radius 2 is 1.96 bits per heavy atom. The molecular formula is C20H20FNO4. The Morgan fingerprint density at radius 3 is 2.69 bits per heavy atom. The quantitative estimate of drug-likeness (QED) is 0.831. The lowest BCUT2D eigenvalue weighted by Crippen LogP contribution is -2.33. The molecule has 0 heterocycles. The number of nitrogens with one attached hydrogen (secondary N) is 1. The third kappa shape index (κ3) is 4.59. The van der Waals surface area contributed by atoms with Gasteiger partial charge >= 0.3 is 5.97 Å². The minimum Gasteiger partial charge on any atom is -0.489 e. The molecule has 1 fully saturated rings. The summed E-state index contributed by atoms with van der Waals surface area (Å²) in [5.74, 6) is -1.37. The van der Waals surface area contributed by atoms with Crippen molar-refractivity contribution in [3.8, 4) is 5.75 Å². The van der Waals surface area contributed by atoms with Crippen molar-refractivity contribution in [2.75, 3.05) is 0 Å². The molecule has 1 saturated carbocycles. The monoisotopic (exact) mass is 357 g/mol. The number of hydrogen-bond acceptors (Lipinski definition) is 3. The first-order valence-electron chi connectivity index (χ1n) is 8.52. The number of carbonyl (C=O) groups is 2. The van der Waals surface area contributed by atoms with Gasteiger partial charge in [-0.05, 0) is 49.1 Å². The van der Waals surface area contributed by atoms with Crippen molar-refractivity contribution in [1.29, 1.82) is 0 Å². The van der Waals surface area contributed by atoms with E-state index in [0.29, 0.717) is 30.6 Å². The molecule has 1 aliphatic rings. The van der Waals surface area contributed by atoms with Gasteiger partial charge < -0.3 is 15.2 Å². The number of ether oxygens (including phenoxy) is 1. The van der Waals surface area contributed by atoms with Crippen molar-refractivity contribution < 1.29 is 23.8 Å². The number of aliphatic carboxylic acids is 1. The van der Waals surface area contributed by atoms with Gasteiger partial charge in [-0.2, -0.15) is 0 Å². The molecule has 0 spiro atoms. The van der Waals surface area contributed by atoms with Crippen molar-refractivity contribution in [2.45, 2.75) is 31.9 Å². The topological polar surface area (TPSA) is 75.6 Å². The van der Waals surface area contributed by atoms with Crippen LogP contribution in [0.1, 0.15) is 35.2 Å². The van der Waals surface area contributed by atoms with E-state index in [4.69, 9.17) is 9.84 Å². The number of rotatable bonds is 6. The highest BCUT2D eigenvalue weighted by Gasteiger charge is 2.30. The van der Waals surface area contributed by atoms with E-state index in [1.54, 1.807) is 30.3 Å². The van der Waals surface area contributed by atoms with Crippen molar-refractivity contribution in [3.63, 3.8) is 0 Å². The predicted octanol–water partition coefficient (Wildman–Crippen LogP) is 3.39. The molecule has 1 amide bonds. The van der Waals surface area contributed by atoms with Gasteiger partial charge in [0.25, 0.3) is 5.91 Å². The van der Waals surface area contributed by atoms with Crippen LogP contribution in [0.25, 0.3) is 0 Å². The number of hydrogen-bond donors (Lipinski definition) is 2. The average molecular weight is 357 g/mol. The van der Waals surface area contributed by atoms with Crippen molar-refractivity contribution in [2.24, 2.45) is 5.92 Å². The van der Waals surface area contributed by atoms with Crippen LogP contribution >= 0.6 is 0 Å². The molecule has 5 nitrogen and oxygen atoms in total. The molecular weight excluding hydrogens is 337 g/mol. The summed E-state index contributed by atoms with van der Waals surface area (Å²) in [6, 6.07) is 12.8. The predicted molar refractivity (Wildman–Crippen MR) is 93.4 cm³/mol. The Balaban J connectivity index is 1.58. The Hall–Kier alpha value is -2.89. The van der Waals surface area contributed by atoms with Gasteiger partial charge in [-0.1, -0.05) is 18.2 Å². The third-order valence-corrected chi connectivity index (χ3v) is 4.51. The lowest BCUT2D eigenvalue weighted by molar-refractivity contribution is -0.141. The van der Waals surface area contributed by atoms with Crippen molar-refractivity contribution in [3.05, 3.63) is 65.5 Å². The number of amides is 1. The maximum absolute atomic E-state index is 13.2. The van der Waals surface area contributed by atoms with Gasteiger partial charge in [0.05, 0.1) is 5.92 Å². The SMILES string of the molecule is O=C(N[C@H]1CC[C@@H](C(=O)O)C1)c1cccc(COc2cccc(F)c2)c1. The fraction of sp³-hybridized carbons (Fsp3) is 0.300. The van der Waals surface area contributed by atoms with E-state index in [1.165, 1.54) is 12.1 Å². The summed E-state index contributed by atoms with van der Waals surface area (Å²) in [4.78, 5) is 23.4. The highest BCUT2D eigenvalue weighted by Crippen LogP contribution is 2.26. The molecule has 6 heteroatoms. The molecule has 0 unspecified atom stereocenters. The van der Waals surface area contributed by atoms with Crippen molar-refractivity contribution >= 4 is 11.9 Å². The second-order valence-electron chi connectivity index (χ2n) is 6.47. The van der Waals surface area contributed by atoms with Crippen LogP contribution in [0.5, 0.6) is 5.75 Å². The van der Waals surface area contributed by atoms with Gasteiger partial charge in [0, 0.05) is 17.7 Å². The summed E-state index contributed by atoms with van der Waals surface area (Å²) in [6.07, 6.45) is 1.72. The lowest BCUT2D eigenvalue weighted by atomic mass is 10.1. The van der Waals surface area contributed by atoms with Crippen LogP contribution in [0.4, 0.5) is 4.39 Å². The number of carboxylic acid groups (broad SMARTS) is 1. The number of carbonyl (C=O) groups excluding carboxylic acids is 1. The van der Waals surface area contributed by atoms with Crippen LogP contribution in [0, 0.1) is 11.7 Å². The van der Waals surface area contributed by atoms with E-state index in [2.05, 4.69) is 5.32 Å². The molecule has 26 heavy (non-hydrogen) atoms. The molecule has 0 saturated heterocycles. The van der Waals surface area contributed by atoms with Gasteiger partial charge in [0.1, 0.15) is 18.2 Å². The molecule has 2 N–H and O–H groups in total. The number of carboxylic acids is 1. The second-order valence-corrected chi connectivity index (χ2v) is 6.47. The summed E-state index contributed by atoms with van der Waals surface area (Å²) in [6.45, 7) is 0.217. The van der Waals surface area contributed by atoms with E-state index in [-0.39, 0.29) is 30.3 Å². The van der Waals surface area contributed by atoms with Gasteiger partial charge in [-0.3, -0.25) is 9.59 Å². The summed E-state index contributed by atoms with van der Waals surface area (Å²) < 4.78 is 18.7. The zero-order valence-corrected chi connectivity index (χ0v) is 14.2.